The van der Waals surface area contributed by atoms with Crippen LogP contribution in [0.3, 0.4) is 0 Å². The van der Waals surface area contributed by atoms with E-state index in [9.17, 15) is 0 Å². The first-order valence-corrected chi connectivity index (χ1v) is 11.1. The SMILES string of the molecule is CCN1CCN(Cc2cnc3cccc(-c4c(Cl)c(OC)cc(OC)c4Cl)c3n2)CC1. The average molecular weight is 461 g/mol. The molecule has 0 saturated carbocycles. The van der Waals surface area contributed by atoms with Gasteiger partial charge < -0.3 is 14.4 Å². The number of nitrogens with zero attached hydrogens (tertiary/aromatic N) is 4. The average Bonchev–Trinajstić information content (AvgIpc) is 2.80. The predicted molar refractivity (Wildman–Crippen MR) is 125 cm³/mol. The number of hydrogen-bond donors (Lipinski definition) is 0. The summed E-state index contributed by atoms with van der Waals surface area (Å²) in [5.41, 5.74) is 3.90. The van der Waals surface area contributed by atoms with Crippen LogP contribution >= 0.6 is 23.2 Å². The molecule has 0 aliphatic carbocycles. The lowest BCUT2D eigenvalue weighted by molar-refractivity contribution is 0.131. The first kappa shape index (κ1) is 22.1. The van der Waals surface area contributed by atoms with E-state index in [0.29, 0.717) is 27.1 Å². The third kappa shape index (κ3) is 4.44. The molecular formula is C23H26Cl2N4O2. The molecule has 0 radical (unpaired) electrons. The molecule has 31 heavy (non-hydrogen) atoms. The lowest BCUT2D eigenvalue weighted by atomic mass is 10.0. The van der Waals surface area contributed by atoms with E-state index >= 15 is 0 Å². The number of halogens is 2. The second-order valence-corrected chi connectivity index (χ2v) is 8.29. The van der Waals surface area contributed by atoms with Crippen molar-refractivity contribution in [3.05, 3.63) is 46.2 Å². The van der Waals surface area contributed by atoms with Crippen molar-refractivity contribution in [2.24, 2.45) is 0 Å². The minimum Gasteiger partial charge on any atom is -0.495 e. The van der Waals surface area contributed by atoms with Crippen LogP contribution in [-0.2, 0) is 6.54 Å². The number of methoxy groups -OCH3 is 2. The van der Waals surface area contributed by atoms with Crippen molar-refractivity contribution < 1.29 is 9.47 Å². The number of benzene rings is 2. The number of hydrogen-bond acceptors (Lipinski definition) is 6. The van der Waals surface area contributed by atoms with Crippen LogP contribution in [0, 0.1) is 0 Å². The molecular weight excluding hydrogens is 435 g/mol. The van der Waals surface area contributed by atoms with Gasteiger partial charge in [0.2, 0.25) is 0 Å². The molecule has 3 aromatic rings. The van der Waals surface area contributed by atoms with E-state index in [-0.39, 0.29) is 0 Å². The molecule has 4 rings (SSSR count). The Balaban J connectivity index is 1.76. The van der Waals surface area contributed by atoms with Crippen LogP contribution < -0.4 is 9.47 Å². The van der Waals surface area contributed by atoms with Gasteiger partial charge in [-0.05, 0) is 12.6 Å². The maximum atomic E-state index is 6.67. The van der Waals surface area contributed by atoms with Crippen molar-refractivity contribution in [1.82, 2.24) is 19.8 Å². The van der Waals surface area contributed by atoms with Crippen LogP contribution in [-0.4, -0.2) is 66.7 Å². The summed E-state index contributed by atoms with van der Waals surface area (Å²) in [5, 5.41) is 0.840. The lowest BCUT2D eigenvalue weighted by Crippen LogP contribution is -2.45. The molecule has 0 N–H and O–H groups in total. The molecule has 0 unspecified atom stereocenters. The van der Waals surface area contributed by atoms with E-state index in [1.807, 2.05) is 24.4 Å². The first-order valence-electron chi connectivity index (χ1n) is 10.3. The minimum absolute atomic E-state index is 0.420. The Morgan fingerprint density at radius 3 is 2.23 bits per heavy atom. The number of ether oxygens (including phenoxy) is 2. The molecule has 0 atom stereocenters. The zero-order valence-corrected chi connectivity index (χ0v) is 19.5. The predicted octanol–water partition coefficient (Wildman–Crippen LogP) is 4.76. The van der Waals surface area contributed by atoms with E-state index in [2.05, 4.69) is 21.7 Å². The van der Waals surface area contributed by atoms with E-state index < -0.39 is 0 Å². The van der Waals surface area contributed by atoms with Crippen LogP contribution in [0.15, 0.2) is 30.5 Å². The highest BCUT2D eigenvalue weighted by atomic mass is 35.5. The molecule has 8 heteroatoms. The summed E-state index contributed by atoms with van der Waals surface area (Å²) in [6, 6.07) is 7.50. The Kier molecular flexibility index (Phi) is 6.82. The summed E-state index contributed by atoms with van der Waals surface area (Å²) in [7, 11) is 3.13. The Morgan fingerprint density at radius 1 is 0.968 bits per heavy atom. The van der Waals surface area contributed by atoms with Crippen molar-refractivity contribution in [2.45, 2.75) is 13.5 Å². The Morgan fingerprint density at radius 2 is 1.61 bits per heavy atom. The highest BCUT2D eigenvalue weighted by molar-refractivity contribution is 6.41. The molecule has 2 aromatic carbocycles. The van der Waals surface area contributed by atoms with Crippen LogP contribution in [0.2, 0.25) is 10.0 Å². The number of aromatic nitrogens is 2. The zero-order valence-electron chi connectivity index (χ0n) is 18.0. The van der Waals surface area contributed by atoms with Gasteiger partial charge in [0.25, 0.3) is 0 Å². The highest BCUT2D eigenvalue weighted by Gasteiger charge is 2.22. The van der Waals surface area contributed by atoms with Gasteiger partial charge in [0.15, 0.2) is 0 Å². The lowest BCUT2D eigenvalue weighted by Gasteiger charge is -2.33. The number of likely N-dealkylation sites (N-methyl/N-ethyl adjacent to an activating group) is 1. The minimum atomic E-state index is 0.420. The summed E-state index contributed by atoms with van der Waals surface area (Å²) >= 11 is 13.3. The van der Waals surface area contributed by atoms with E-state index in [0.717, 1.165) is 61.6 Å². The topological polar surface area (TPSA) is 50.7 Å². The van der Waals surface area contributed by atoms with Crippen molar-refractivity contribution >= 4 is 34.2 Å². The molecule has 6 nitrogen and oxygen atoms in total. The van der Waals surface area contributed by atoms with Crippen molar-refractivity contribution in [2.75, 3.05) is 46.9 Å². The molecule has 1 aromatic heterocycles. The van der Waals surface area contributed by atoms with Crippen molar-refractivity contribution in [1.29, 1.82) is 0 Å². The van der Waals surface area contributed by atoms with Gasteiger partial charge in [-0.15, -0.1) is 0 Å². The van der Waals surface area contributed by atoms with E-state index in [1.165, 1.54) is 0 Å². The molecule has 1 aliphatic heterocycles. The second-order valence-electron chi connectivity index (χ2n) is 7.53. The summed E-state index contributed by atoms with van der Waals surface area (Å²) in [5.74, 6) is 0.987. The van der Waals surface area contributed by atoms with Gasteiger partial charge >= 0.3 is 0 Å². The molecule has 0 bridgehead atoms. The van der Waals surface area contributed by atoms with Gasteiger partial charge in [-0.2, -0.15) is 0 Å². The van der Waals surface area contributed by atoms with Gasteiger partial charge in [-0.25, -0.2) is 4.98 Å². The monoisotopic (exact) mass is 460 g/mol. The van der Waals surface area contributed by atoms with E-state index in [4.69, 9.17) is 37.7 Å². The third-order valence-electron chi connectivity index (χ3n) is 5.76. The standard InChI is InChI=1S/C23H26Cl2N4O2/c1-4-28-8-10-29(11-9-28)14-15-13-26-17-7-5-6-16(23(17)27-15)20-21(24)18(30-2)12-19(31-3)22(20)25/h5-7,12-13H,4,8-11,14H2,1-3H3. The van der Waals surface area contributed by atoms with Gasteiger partial charge in [0, 0.05) is 49.9 Å². The molecule has 0 amide bonds. The van der Waals surface area contributed by atoms with Crippen LogP contribution in [0.4, 0.5) is 0 Å². The zero-order chi connectivity index (χ0) is 22.0. The number of rotatable bonds is 6. The fraction of sp³-hybridized carbons (Fsp3) is 0.391. The number of fused-ring (bicyclic) bond motifs is 1. The smallest absolute Gasteiger partial charge is 0.141 e. The third-order valence-corrected chi connectivity index (χ3v) is 6.51. The van der Waals surface area contributed by atoms with Crippen LogP contribution in [0.25, 0.3) is 22.2 Å². The largest absolute Gasteiger partial charge is 0.495 e. The molecule has 164 valence electrons. The van der Waals surface area contributed by atoms with Gasteiger partial charge in [0.1, 0.15) is 11.5 Å². The molecule has 0 spiro atoms. The van der Waals surface area contributed by atoms with Crippen molar-refractivity contribution in [3.63, 3.8) is 0 Å². The van der Waals surface area contributed by atoms with Crippen LogP contribution in [0.5, 0.6) is 11.5 Å². The first-order chi connectivity index (χ1) is 15.0. The quantitative estimate of drug-likeness (QED) is 0.528. The molecule has 1 fully saturated rings. The van der Waals surface area contributed by atoms with Gasteiger partial charge in [-0.3, -0.25) is 9.88 Å². The fourth-order valence-corrected chi connectivity index (χ4v) is 4.67. The van der Waals surface area contributed by atoms with Crippen LogP contribution in [0.1, 0.15) is 12.6 Å². The summed E-state index contributed by atoms with van der Waals surface area (Å²) in [6.45, 7) is 8.28. The molecule has 1 saturated heterocycles. The fourth-order valence-electron chi connectivity index (χ4n) is 3.96. The van der Waals surface area contributed by atoms with Gasteiger partial charge in [0.05, 0.1) is 47.2 Å². The maximum absolute atomic E-state index is 6.67. The second kappa shape index (κ2) is 9.57. The maximum Gasteiger partial charge on any atom is 0.141 e. The Labute approximate surface area is 192 Å². The highest BCUT2D eigenvalue weighted by Crippen LogP contribution is 2.47. The number of para-hydroxylation sites is 1. The molecule has 2 heterocycles. The Bertz CT molecular complexity index is 1060. The van der Waals surface area contributed by atoms with Crippen molar-refractivity contribution in [3.8, 4) is 22.6 Å². The summed E-state index contributed by atoms with van der Waals surface area (Å²) in [6.07, 6.45) is 1.85. The van der Waals surface area contributed by atoms with E-state index in [1.54, 1.807) is 20.3 Å². The summed E-state index contributed by atoms with van der Waals surface area (Å²) in [4.78, 5) is 14.5. The van der Waals surface area contributed by atoms with Gasteiger partial charge in [-0.1, -0.05) is 42.3 Å². The molecule has 1 aliphatic rings. The summed E-state index contributed by atoms with van der Waals surface area (Å²) < 4.78 is 10.9. The number of piperazine rings is 1. The normalized spacial score (nSPS) is 15.4. The Hall–Kier alpha value is -2.12.